The third-order valence-corrected chi connectivity index (χ3v) is 3.32. The highest BCUT2D eigenvalue weighted by Crippen LogP contribution is 2.22. The average molecular weight is 245 g/mol. The first-order valence-corrected chi connectivity index (χ1v) is 6.58. The van der Waals surface area contributed by atoms with Crippen molar-refractivity contribution in [3.63, 3.8) is 0 Å². The van der Waals surface area contributed by atoms with Crippen LogP contribution in [-0.4, -0.2) is 16.5 Å². The average Bonchev–Trinajstić information content (AvgIpc) is 2.39. The SMILES string of the molecule is CCNc1cc(CSc2ccncc2)ccn1. The zero-order chi connectivity index (χ0) is 11.9. The van der Waals surface area contributed by atoms with E-state index in [9.17, 15) is 0 Å². The van der Waals surface area contributed by atoms with Crippen molar-refractivity contribution in [3.05, 3.63) is 48.4 Å². The molecule has 0 fully saturated rings. The molecule has 2 heterocycles. The van der Waals surface area contributed by atoms with E-state index in [1.807, 2.05) is 30.7 Å². The minimum Gasteiger partial charge on any atom is -0.370 e. The van der Waals surface area contributed by atoms with Crippen LogP contribution in [0, 0.1) is 0 Å². The van der Waals surface area contributed by atoms with E-state index in [1.165, 1.54) is 10.5 Å². The van der Waals surface area contributed by atoms with Crippen molar-refractivity contribution in [3.8, 4) is 0 Å². The smallest absolute Gasteiger partial charge is 0.126 e. The third kappa shape index (κ3) is 3.75. The lowest BCUT2D eigenvalue weighted by Gasteiger charge is -2.05. The van der Waals surface area contributed by atoms with Gasteiger partial charge in [0.05, 0.1) is 0 Å². The molecular formula is C13H15N3S. The van der Waals surface area contributed by atoms with Gasteiger partial charge < -0.3 is 5.32 Å². The number of pyridine rings is 2. The maximum absolute atomic E-state index is 4.25. The Balaban J connectivity index is 1.97. The Labute approximate surface area is 106 Å². The first kappa shape index (κ1) is 11.9. The summed E-state index contributed by atoms with van der Waals surface area (Å²) < 4.78 is 0. The van der Waals surface area contributed by atoms with Crippen molar-refractivity contribution in [1.82, 2.24) is 9.97 Å². The second-order valence-corrected chi connectivity index (χ2v) is 4.60. The molecule has 88 valence electrons. The van der Waals surface area contributed by atoms with Gasteiger partial charge in [0.25, 0.3) is 0 Å². The molecule has 0 aliphatic heterocycles. The van der Waals surface area contributed by atoms with Gasteiger partial charge in [-0.1, -0.05) is 0 Å². The molecule has 2 aromatic heterocycles. The molecule has 0 bridgehead atoms. The van der Waals surface area contributed by atoms with E-state index >= 15 is 0 Å². The fraction of sp³-hybridized carbons (Fsp3) is 0.231. The van der Waals surface area contributed by atoms with Gasteiger partial charge >= 0.3 is 0 Å². The minimum atomic E-state index is 0.897. The van der Waals surface area contributed by atoms with Gasteiger partial charge in [0.1, 0.15) is 5.82 Å². The fourth-order valence-electron chi connectivity index (χ4n) is 1.44. The van der Waals surface area contributed by atoms with Crippen LogP contribution in [0.5, 0.6) is 0 Å². The van der Waals surface area contributed by atoms with Crippen LogP contribution in [0.2, 0.25) is 0 Å². The van der Waals surface area contributed by atoms with Crippen molar-refractivity contribution in [2.45, 2.75) is 17.6 Å². The standard InChI is InChI=1S/C13H15N3S/c1-2-15-13-9-11(3-8-16-13)10-17-12-4-6-14-7-5-12/h3-9H,2,10H2,1H3,(H,15,16). The van der Waals surface area contributed by atoms with Crippen molar-refractivity contribution in [1.29, 1.82) is 0 Å². The second kappa shape index (κ2) is 6.25. The number of nitrogens with one attached hydrogen (secondary N) is 1. The number of hydrogen-bond acceptors (Lipinski definition) is 4. The van der Waals surface area contributed by atoms with Crippen molar-refractivity contribution in [2.75, 3.05) is 11.9 Å². The van der Waals surface area contributed by atoms with Gasteiger partial charge in [-0.3, -0.25) is 4.98 Å². The Kier molecular flexibility index (Phi) is 4.38. The number of anilines is 1. The quantitative estimate of drug-likeness (QED) is 0.821. The Morgan fingerprint density at radius 1 is 1.18 bits per heavy atom. The van der Waals surface area contributed by atoms with Crippen molar-refractivity contribution < 1.29 is 0 Å². The van der Waals surface area contributed by atoms with E-state index in [2.05, 4.69) is 34.3 Å². The minimum absolute atomic E-state index is 0.897. The molecule has 0 amide bonds. The van der Waals surface area contributed by atoms with E-state index < -0.39 is 0 Å². The van der Waals surface area contributed by atoms with Crippen LogP contribution in [0.15, 0.2) is 47.8 Å². The highest BCUT2D eigenvalue weighted by Gasteiger charge is 1.98. The third-order valence-electron chi connectivity index (χ3n) is 2.24. The molecule has 0 aliphatic carbocycles. The van der Waals surface area contributed by atoms with Crippen molar-refractivity contribution >= 4 is 17.6 Å². The fourth-order valence-corrected chi connectivity index (χ4v) is 2.27. The normalized spacial score (nSPS) is 10.2. The monoisotopic (exact) mass is 245 g/mol. The van der Waals surface area contributed by atoms with E-state index in [0.29, 0.717) is 0 Å². The molecule has 0 unspecified atom stereocenters. The van der Waals surface area contributed by atoms with Gasteiger partial charge in [0, 0.05) is 35.8 Å². The van der Waals surface area contributed by atoms with Gasteiger partial charge in [0.2, 0.25) is 0 Å². The lowest BCUT2D eigenvalue weighted by Crippen LogP contribution is -1.99. The molecule has 0 aliphatic rings. The lowest BCUT2D eigenvalue weighted by atomic mass is 10.3. The Morgan fingerprint density at radius 3 is 2.76 bits per heavy atom. The molecule has 17 heavy (non-hydrogen) atoms. The molecule has 0 aromatic carbocycles. The van der Waals surface area contributed by atoms with Crippen molar-refractivity contribution in [2.24, 2.45) is 0 Å². The molecule has 4 heteroatoms. The summed E-state index contributed by atoms with van der Waals surface area (Å²) in [6, 6.07) is 8.20. The molecule has 0 saturated heterocycles. The first-order valence-electron chi connectivity index (χ1n) is 5.60. The van der Waals surface area contributed by atoms with Gasteiger partial charge in [-0.15, -0.1) is 11.8 Å². The predicted molar refractivity (Wildman–Crippen MR) is 72.2 cm³/mol. The van der Waals surface area contributed by atoms with E-state index in [1.54, 1.807) is 11.8 Å². The van der Waals surface area contributed by atoms with Gasteiger partial charge in [0.15, 0.2) is 0 Å². The molecule has 1 N–H and O–H groups in total. The Morgan fingerprint density at radius 2 is 2.00 bits per heavy atom. The summed E-state index contributed by atoms with van der Waals surface area (Å²) in [5.41, 5.74) is 1.28. The molecule has 2 aromatic rings. The van der Waals surface area contributed by atoms with Crippen LogP contribution in [-0.2, 0) is 5.75 Å². The van der Waals surface area contributed by atoms with E-state index in [4.69, 9.17) is 0 Å². The summed E-state index contributed by atoms with van der Waals surface area (Å²) in [4.78, 5) is 9.50. The highest BCUT2D eigenvalue weighted by atomic mass is 32.2. The highest BCUT2D eigenvalue weighted by molar-refractivity contribution is 7.98. The molecular weight excluding hydrogens is 230 g/mol. The molecule has 2 rings (SSSR count). The second-order valence-electron chi connectivity index (χ2n) is 3.55. The zero-order valence-corrected chi connectivity index (χ0v) is 10.6. The number of thioether (sulfide) groups is 1. The van der Waals surface area contributed by atoms with E-state index in [0.717, 1.165) is 18.1 Å². The summed E-state index contributed by atoms with van der Waals surface area (Å²) in [5, 5.41) is 3.22. The van der Waals surface area contributed by atoms with Crippen LogP contribution in [0.1, 0.15) is 12.5 Å². The van der Waals surface area contributed by atoms with Crippen LogP contribution in [0.25, 0.3) is 0 Å². The number of hydrogen-bond donors (Lipinski definition) is 1. The summed E-state index contributed by atoms with van der Waals surface area (Å²) >= 11 is 1.80. The Hall–Kier alpha value is -1.55. The Bertz CT molecular complexity index is 459. The van der Waals surface area contributed by atoms with Gasteiger partial charge in [-0.25, -0.2) is 4.98 Å². The summed E-state index contributed by atoms with van der Waals surface area (Å²) in [6.45, 7) is 2.97. The summed E-state index contributed by atoms with van der Waals surface area (Å²) in [6.07, 6.45) is 5.48. The molecule has 3 nitrogen and oxygen atoms in total. The summed E-state index contributed by atoms with van der Waals surface area (Å²) in [5.74, 6) is 1.89. The van der Waals surface area contributed by atoms with Crippen LogP contribution in [0.3, 0.4) is 0 Å². The summed E-state index contributed by atoms with van der Waals surface area (Å²) in [7, 11) is 0. The van der Waals surface area contributed by atoms with E-state index in [-0.39, 0.29) is 0 Å². The predicted octanol–water partition coefficient (Wildman–Crippen LogP) is 3.20. The maximum Gasteiger partial charge on any atom is 0.126 e. The maximum atomic E-state index is 4.25. The molecule has 0 radical (unpaired) electrons. The largest absolute Gasteiger partial charge is 0.370 e. The molecule has 0 atom stereocenters. The number of rotatable bonds is 5. The van der Waals surface area contributed by atoms with Crippen LogP contribution >= 0.6 is 11.8 Å². The number of nitrogens with zero attached hydrogens (tertiary/aromatic N) is 2. The van der Waals surface area contributed by atoms with Crippen LogP contribution < -0.4 is 5.32 Å². The van der Waals surface area contributed by atoms with Crippen LogP contribution in [0.4, 0.5) is 5.82 Å². The van der Waals surface area contributed by atoms with Gasteiger partial charge in [-0.2, -0.15) is 0 Å². The topological polar surface area (TPSA) is 37.8 Å². The zero-order valence-electron chi connectivity index (χ0n) is 9.76. The number of aromatic nitrogens is 2. The lowest BCUT2D eigenvalue weighted by molar-refractivity contribution is 1.15. The molecule has 0 spiro atoms. The first-order chi connectivity index (χ1) is 8.38. The van der Waals surface area contributed by atoms with Gasteiger partial charge in [-0.05, 0) is 36.8 Å². The molecule has 0 saturated carbocycles.